The summed E-state index contributed by atoms with van der Waals surface area (Å²) in [6.45, 7) is 0.742. The number of anilines is 1. The maximum Gasteiger partial charge on any atom is 0.218 e. The summed E-state index contributed by atoms with van der Waals surface area (Å²) in [7, 11) is 3.62. The molecular weight excluding hydrogens is 266 g/mol. The van der Waals surface area contributed by atoms with Crippen molar-refractivity contribution in [3.63, 3.8) is 0 Å². The van der Waals surface area contributed by atoms with Crippen molar-refractivity contribution in [3.05, 3.63) is 29.3 Å². The van der Waals surface area contributed by atoms with Crippen LogP contribution in [-0.2, 0) is 19.4 Å². The number of aryl methyl sites for hydroxylation is 1. The Bertz CT molecular complexity index is 610. The van der Waals surface area contributed by atoms with Crippen LogP contribution in [0.3, 0.4) is 0 Å². The van der Waals surface area contributed by atoms with E-state index in [1.807, 2.05) is 13.1 Å². The van der Waals surface area contributed by atoms with Gasteiger partial charge in [-0.25, -0.2) is 9.97 Å². The first-order chi connectivity index (χ1) is 10.3. The van der Waals surface area contributed by atoms with E-state index >= 15 is 0 Å². The summed E-state index contributed by atoms with van der Waals surface area (Å²) < 4.78 is 5.15. The molecule has 0 fully saturated rings. The van der Waals surface area contributed by atoms with E-state index in [4.69, 9.17) is 4.74 Å². The van der Waals surface area contributed by atoms with Gasteiger partial charge in [0.05, 0.1) is 19.3 Å². The summed E-state index contributed by atoms with van der Waals surface area (Å²) in [5.41, 5.74) is 3.85. The zero-order valence-electron chi connectivity index (χ0n) is 12.6. The van der Waals surface area contributed by atoms with Crippen LogP contribution in [0.1, 0.15) is 36.2 Å². The lowest BCUT2D eigenvalue weighted by molar-refractivity contribution is 0.397. The molecule has 1 aliphatic rings. The van der Waals surface area contributed by atoms with Gasteiger partial charge in [0.1, 0.15) is 12.1 Å². The standard InChI is InChI=1S/C15H21N5O/c1-20(14-8-15(21-2)17-10-16-14)9-13-11-6-4-3-5-7-12(11)18-19-13/h8,10H,3-7,9H2,1-2H3,(H,18,19). The Morgan fingerprint density at radius 3 is 2.95 bits per heavy atom. The zero-order valence-corrected chi connectivity index (χ0v) is 12.6. The van der Waals surface area contributed by atoms with Gasteiger partial charge in [-0.3, -0.25) is 5.10 Å². The lowest BCUT2D eigenvalue weighted by Gasteiger charge is -2.17. The monoisotopic (exact) mass is 287 g/mol. The quantitative estimate of drug-likeness (QED) is 0.872. The van der Waals surface area contributed by atoms with Crippen LogP contribution in [0.2, 0.25) is 0 Å². The molecular formula is C15H21N5O. The minimum atomic E-state index is 0.577. The molecule has 2 aromatic heterocycles. The lowest BCUT2D eigenvalue weighted by Crippen LogP contribution is -2.19. The van der Waals surface area contributed by atoms with Gasteiger partial charge in [0, 0.05) is 18.8 Å². The molecule has 0 saturated heterocycles. The Morgan fingerprint density at radius 2 is 2.10 bits per heavy atom. The third-order valence-electron chi connectivity index (χ3n) is 4.01. The minimum Gasteiger partial charge on any atom is -0.481 e. The molecule has 2 aromatic rings. The number of hydrogen-bond donors (Lipinski definition) is 1. The fourth-order valence-corrected chi connectivity index (χ4v) is 2.81. The third kappa shape index (κ3) is 2.99. The van der Waals surface area contributed by atoms with Crippen molar-refractivity contribution < 1.29 is 4.74 Å². The first-order valence-corrected chi connectivity index (χ1v) is 7.40. The van der Waals surface area contributed by atoms with Crippen LogP contribution in [0.4, 0.5) is 5.82 Å². The van der Waals surface area contributed by atoms with E-state index < -0.39 is 0 Å². The molecule has 1 N–H and O–H groups in total. The van der Waals surface area contributed by atoms with E-state index in [0.29, 0.717) is 5.88 Å². The Balaban J connectivity index is 1.78. The molecule has 6 heteroatoms. The molecule has 0 aromatic carbocycles. The minimum absolute atomic E-state index is 0.577. The predicted molar refractivity (Wildman–Crippen MR) is 80.5 cm³/mol. The second kappa shape index (κ2) is 6.11. The van der Waals surface area contributed by atoms with Gasteiger partial charge in [0.25, 0.3) is 0 Å². The van der Waals surface area contributed by atoms with E-state index in [1.54, 1.807) is 7.11 Å². The molecule has 0 amide bonds. The SMILES string of the molecule is COc1cc(N(C)Cc2n[nH]c3c2CCCCC3)ncn1. The van der Waals surface area contributed by atoms with Crippen LogP contribution in [0.25, 0.3) is 0 Å². The van der Waals surface area contributed by atoms with E-state index in [9.17, 15) is 0 Å². The topological polar surface area (TPSA) is 66.9 Å². The number of nitrogens with one attached hydrogen (secondary N) is 1. The van der Waals surface area contributed by atoms with Gasteiger partial charge >= 0.3 is 0 Å². The summed E-state index contributed by atoms with van der Waals surface area (Å²) in [5, 5.41) is 7.72. The zero-order chi connectivity index (χ0) is 14.7. The highest BCUT2D eigenvalue weighted by Gasteiger charge is 2.17. The number of nitrogens with zero attached hydrogens (tertiary/aromatic N) is 4. The highest BCUT2D eigenvalue weighted by Crippen LogP contribution is 2.23. The molecule has 2 heterocycles. The van der Waals surface area contributed by atoms with Crippen molar-refractivity contribution in [1.82, 2.24) is 20.2 Å². The van der Waals surface area contributed by atoms with Gasteiger partial charge < -0.3 is 9.64 Å². The van der Waals surface area contributed by atoms with Crippen molar-refractivity contribution in [2.24, 2.45) is 0 Å². The van der Waals surface area contributed by atoms with Crippen molar-refractivity contribution in [2.45, 2.75) is 38.6 Å². The van der Waals surface area contributed by atoms with Gasteiger partial charge in [-0.15, -0.1) is 0 Å². The fourth-order valence-electron chi connectivity index (χ4n) is 2.81. The number of ether oxygens (including phenoxy) is 1. The molecule has 6 nitrogen and oxygen atoms in total. The van der Waals surface area contributed by atoms with Crippen LogP contribution in [-0.4, -0.2) is 34.3 Å². The number of hydrogen-bond acceptors (Lipinski definition) is 5. The predicted octanol–water partition coefficient (Wildman–Crippen LogP) is 2.11. The molecule has 112 valence electrons. The third-order valence-corrected chi connectivity index (χ3v) is 4.01. The summed E-state index contributed by atoms with van der Waals surface area (Å²) in [6, 6.07) is 1.84. The van der Waals surface area contributed by atoms with Gasteiger partial charge in [0.15, 0.2) is 0 Å². The van der Waals surface area contributed by atoms with E-state index in [-0.39, 0.29) is 0 Å². The van der Waals surface area contributed by atoms with E-state index in [1.165, 1.54) is 36.8 Å². The number of rotatable bonds is 4. The number of fused-ring (bicyclic) bond motifs is 1. The largest absolute Gasteiger partial charge is 0.481 e. The Kier molecular flexibility index (Phi) is 4.03. The second-order valence-electron chi connectivity index (χ2n) is 5.46. The smallest absolute Gasteiger partial charge is 0.218 e. The Morgan fingerprint density at radius 1 is 1.24 bits per heavy atom. The fraction of sp³-hybridized carbons (Fsp3) is 0.533. The van der Waals surface area contributed by atoms with Crippen molar-refractivity contribution in [3.8, 4) is 5.88 Å². The van der Waals surface area contributed by atoms with Gasteiger partial charge in [-0.05, 0) is 31.2 Å². The number of methoxy groups -OCH3 is 1. The molecule has 3 rings (SSSR count). The number of H-pyrrole nitrogens is 1. The normalized spacial score (nSPS) is 14.4. The van der Waals surface area contributed by atoms with Crippen LogP contribution in [0.15, 0.2) is 12.4 Å². The van der Waals surface area contributed by atoms with Crippen LogP contribution < -0.4 is 9.64 Å². The number of aromatic amines is 1. The molecule has 0 radical (unpaired) electrons. The molecule has 0 spiro atoms. The van der Waals surface area contributed by atoms with Crippen molar-refractivity contribution >= 4 is 5.82 Å². The Hall–Kier alpha value is -2.11. The average molecular weight is 287 g/mol. The highest BCUT2D eigenvalue weighted by atomic mass is 16.5. The summed E-state index contributed by atoms with van der Waals surface area (Å²) in [5.74, 6) is 1.42. The van der Waals surface area contributed by atoms with Crippen LogP contribution >= 0.6 is 0 Å². The summed E-state index contributed by atoms with van der Waals surface area (Å²) in [4.78, 5) is 10.4. The summed E-state index contributed by atoms with van der Waals surface area (Å²) in [6.07, 6.45) is 7.59. The van der Waals surface area contributed by atoms with Crippen molar-refractivity contribution in [2.75, 3.05) is 19.1 Å². The van der Waals surface area contributed by atoms with Crippen molar-refractivity contribution in [1.29, 1.82) is 0 Å². The molecule has 0 aliphatic heterocycles. The second-order valence-corrected chi connectivity index (χ2v) is 5.46. The molecule has 1 aliphatic carbocycles. The molecule has 0 bridgehead atoms. The summed E-state index contributed by atoms with van der Waals surface area (Å²) >= 11 is 0. The van der Waals surface area contributed by atoms with Crippen LogP contribution in [0.5, 0.6) is 5.88 Å². The highest BCUT2D eigenvalue weighted by molar-refractivity contribution is 5.41. The Labute approximate surface area is 124 Å². The number of aromatic nitrogens is 4. The van der Waals surface area contributed by atoms with Gasteiger partial charge in [-0.1, -0.05) is 6.42 Å². The first-order valence-electron chi connectivity index (χ1n) is 7.40. The van der Waals surface area contributed by atoms with E-state index in [2.05, 4.69) is 25.1 Å². The molecule has 0 atom stereocenters. The van der Waals surface area contributed by atoms with Gasteiger partial charge in [0.2, 0.25) is 5.88 Å². The van der Waals surface area contributed by atoms with Gasteiger partial charge in [-0.2, -0.15) is 5.10 Å². The van der Waals surface area contributed by atoms with Crippen LogP contribution in [0, 0.1) is 0 Å². The molecule has 0 saturated carbocycles. The average Bonchev–Trinajstić information content (AvgIpc) is 2.74. The molecule has 21 heavy (non-hydrogen) atoms. The first kappa shape index (κ1) is 13.9. The molecule has 0 unspecified atom stereocenters. The van der Waals surface area contributed by atoms with E-state index in [0.717, 1.165) is 30.9 Å². The maximum absolute atomic E-state index is 5.15. The lowest BCUT2D eigenvalue weighted by atomic mass is 10.1. The maximum atomic E-state index is 5.15.